The van der Waals surface area contributed by atoms with Crippen LogP contribution in [0.3, 0.4) is 0 Å². The molecule has 5 rings (SSSR count). The fraction of sp³-hybridized carbons (Fsp3) is 0.276. The van der Waals surface area contributed by atoms with Crippen molar-refractivity contribution in [3.05, 3.63) is 95.6 Å². The third-order valence-corrected chi connectivity index (χ3v) is 6.59. The van der Waals surface area contributed by atoms with Gasteiger partial charge in [0.1, 0.15) is 12.3 Å². The predicted octanol–water partition coefficient (Wildman–Crippen LogP) is 4.42. The van der Waals surface area contributed by atoms with E-state index in [9.17, 15) is 9.59 Å². The van der Waals surface area contributed by atoms with Crippen molar-refractivity contribution in [2.45, 2.75) is 31.8 Å². The number of benzene rings is 3. The molecule has 2 aliphatic heterocycles. The lowest BCUT2D eigenvalue weighted by Crippen LogP contribution is -2.32. The van der Waals surface area contributed by atoms with Gasteiger partial charge in [-0.1, -0.05) is 66.7 Å². The monoisotopic (exact) mass is 482 g/mol. The summed E-state index contributed by atoms with van der Waals surface area (Å²) in [4.78, 5) is 33.0. The van der Waals surface area contributed by atoms with E-state index in [-0.39, 0.29) is 17.9 Å². The summed E-state index contributed by atoms with van der Waals surface area (Å²) in [5.74, 6) is 1.43. The molecule has 2 aliphatic rings. The molecule has 1 fully saturated rings. The number of amides is 2. The Hall–Kier alpha value is -4.13. The second kappa shape index (κ2) is 10.6. The van der Waals surface area contributed by atoms with Crippen LogP contribution in [0.4, 0.5) is 5.69 Å². The minimum atomic E-state index is -0.117. The van der Waals surface area contributed by atoms with Crippen LogP contribution in [0.1, 0.15) is 42.0 Å². The van der Waals surface area contributed by atoms with Gasteiger partial charge < -0.3 is 14.5 Å². The average Bonchev–Trinajstić information content (AvgIpc) is 3.27. The highest BCUT2D eigenvalue weighted by molar-refractivity contribution is 6.05. The van der Waals surface area contributed by atoms with Crippen LogP contribution in [-0.2, 0) is 16.1 Å². The number of guanidine groups is 1. The average molecular weight is 483 g/mol. The number of carbonyl (C=O) groups is 2. The zero-order chi connectivity index (χ0) is 24.9. The number of ether oxygens (including phenoxy) is 1. The highest BCUT2D eigenvalue weighted by Gasteiger charge is 2.29. The first-order valence-electron chi connectivity index (χ1n) is 12.3. The Bertz CT molecular complexity index is 1220. The van der Waals surface area contributed by atoms with Gasteiger partial charge in [-0.25, -0.2) is 4.99 Å². The van der Waals surface area contributed by atoms with Crippen molar-refractivity contribution in [3.8, 4) is 5.75 Å². The Balaban J connectivity index is 1.13. The number of unbranched alkanes of at least 4 members (excludes halogenated alkanes) is 1. The van der Waals surface area contributed by atoms with Crippen LogP contribution in [0.25, 0.3) is 0 Å². The van der Waals surface area contributed by atoms with E-state index in [1.165, 1.54) is 0 Å². The molecule has 0 aliphatic carbocycles. The summed E-state index contributed by atoms with van der Waals surface area (Å²) in [6.45, 7) is 1.54. The quantitative estimate of drug-likeness (QED) is 0.459. The Morgan fingerprint density at radius 1 is 1.00 bits per heavy atom. The second-order valence-electron chi connectivity index (χ2n) is 9.16. The van der Waals surface area contributed by atoms with Crippen molar-refractivity contribution in [2.75, 3.05) is 20.2 Å². The molecule has 0 spiro atoms. The van der Waals surface area contributed by atoms with Crippen molar-refractivity contribution in [1.82, 2.24) is 15.1 Å². The zero-order valence-corrected chi connectivity index (χ0v) is 20.4. The van der Waals surface area contributed by atoms with Gasteiger partial charge in [0.15, 0.2) is 0 Å². The molecule has 7 nitrogen and oxygen atoms in total. The maximum atomic E-state index is 13.1. The summed E-state index contributed by atoms with van der Waals surface area (Å²) in [5, 5.41) is 2.78. The summed E-state index contributed by atoms with van der Waals surface area (Å²) in [6.07, 6.45) is 1.98. The molecule has 1 saturated heterocycles. The molecular formula is C29H30N4O3. The van der Waals surface area contributed by atoms with E-state index in [1.807, 2.05) is 71.4 Å². The van der Waals surface area contributed by atoms with Crippen molar-refractivity contribution in [1.29, 1.82) is 0 Å². The lowest BCUT2D eigenvalue weighted by Gasteiger charge is -2.29. The number of fused-ring (bicyclic) bond motifs is 2. The van der Waals surface area contributed by atoms with Crippen LogP contribution in [-0.4, -0.2) is 47.8 Å². The van der Waals surface area contributed by atoms with E-state index in [4.69, 9.17) is 4.74 Å². The summed E-state index contributed by atoms with van der Waals surface area (Å²) in [6, 6.07) is 26.0. The van der Waals surface area contributed by atoms with Gasteiger partial charge in [-0.05, 0) is 35.6 Å². The number of nitrogens with zero attached hydrogens (tertiary/aromatic N) is 3. The van der Waals surface area contributed by atoms with Crippen molar-refractivity contribution in [3.63, 3.8) is 0 Å². The Morgan fingerprint density at radius 3 is 2.39 bits per heavy atom. The minimum Gasteiger partial charge on any atom is -0.494 e. The first-order valence-corrected chi connectivity index (χ1v) is 12.3. The molecule has 0 saturated carbocycles. The van der Waals surface area contributed by atoms with Gasteiger partial charge in [-0.2, -0.15) is 0 Å². The van der Waals surface area contributed by atoms with Crippen molar-refractivity contribution < 1.29 is 14.3 Å². The van der Waals surface area contributed by atoms with Gasteiger partial charge in [0.05, 0.1) is 18.3 Å². The minimum absolute atomic E-state index is 0.0305. The number of nitrogens with one attached hydrogen (secondary N) is 1. The molecule has 0 aromatic heterocycles. The number of hydrogen-bond acceptors (Lipinski definition) is 5. The third-order valence-electron chi connectivity index (χ3n) is 6.59. The van der Waals surface area contributed by atoms with E-state index >= 15 is 0 Å². The first kappa shape index (κ1) is 23.6. The summed E-state index contributed by atoms with van der Waals surface area (Å²) in [7, 11) is 1.88. The Labute approximate surface area is 211 Å². The number of rotatable bonds is 9. The van der Waals surface area contributed by atoms with Gasteiger partial charge in [-0.3, -0.25) is 14.9 Å². The van der Waals surface area contributed by atoms with E-state index < -0.39 is 0 Å². The Morgan fingerprint density at radius 2 is 1.69 bits per heavy atom. The van der Waals surface area contributed by atoms with Gasteiger partial charge in [-0.15, -0.1) is 0 Å². The highest BCUT2D eigenvalue weighted by Crippen LogP contribution is 2.31. The zero-order valence-electron chi connectivity index (χ0n) is 20.4. The van der Waals surface area contributed by atoms with Crippen LogP contribution >= 0.6 is 0 Å². The molecule has 0 atom stereocenters. The molecule has 7 heteroatoms. The van der Waals surface area contributed by atoms with E-state index in [1.54, 1.807) is 0 Å². The number of aliphatic imine (C=N–C) groups is 1. The predicted molar refractivity (Wildman–Crippen MR) is 139 cm³/mol. The van der Waals surface area contributed by atoms with E-state index in [0.717, 1.165) is 41.0 Å². The molecule has 1 N–H and O–H groups in total. The van der Waals surface area contributed by atoms with E-state index in [2.05, 4.69) is 34.6 Å². The van der Waals surface area contributed by atoms with Crippen molar-refractivity contribution in [2.24, 2.45) is 4.99 Å². The van der Waals surface area contributed by atoms with Gasteiger partial charge in [0.2, 0.25) is 17.8 Å². The molecule has 3 aromatic rings. The fourth-order valence-corrected chi connectivity index (χ4v) is 4.71. The second-order valence-corrected chi connectivity index (χ2v) is 9.16. The highest BCUT2D eigenvalue weighted by atomic mass is 16.5. The normalized spacial score (nSPS) is 14.1. The number of carbonyl (C=O) groups excluding carboxylic acids is 2. The summed E-state index contributed by atoms with van der Waals surface area (Å²) >= 11 is 0. The lowest BCUT2D eigenvalue weighted by molar-refractivity contribution is -0.131. The van der Waals surface area contributed by atoms with Crippen LogP contribution in [0.5, 0.6) is 5.75 Å². The van der Waals surface area contributed by atoms with Gasteiger partial charge >= 0.3 is 0 Å². The molecule has 0 unspecified atom stereocenters. The third kappa shape index (κ3) is 5.25. The van der Waals surface area contributed by atoms with Crippen LogP contribution < -0.4 is 10.1 Å². The standard InChI is InChI=1S/C29H30N4O3/c1-32(28(21-10-4-2-5-11-21)22-12-6-3-7-13-22)27(35)14-8-9-17-36-24-16-15-23-19-33-20-26(34)31-29(33)30-25(23)18-24/h2-7,10-13,15-16,18,28H,8-9,14,17,19-20H2,1H3,(H,30,31,34). The molecule has 2 heterocycles. The smallest absolute Gasteiger partial charge is 0.246 e. The van der Waals surface area contributed by atoms with Gasteiger partial charge in [0, 0.05) is 26.1 Å². The van der Waals surface area contributed by atoms with Crippen LogP contribution in [0, 0.1) is 0 Å². The molecule has 3 aromatic carbocycles. The number of hydrogen-bond donors (Lipinski definition) is 1. The van der Waals surface area contributed by atoms with Crippen molar-refractivity contribution >= 4 is 23.5 Å². The van der Waals surface area contributed by atoms with Gasteiger partial charge in [0.25, 0.3) is 0 Å². The maximum Gasteiger partial charge on any atom is 0.246 e. The molecular weight excluding hydrogens is 452 g/mol. The Kier molecular flexibility index (Phi) is 6.98. The first-order chi connectivity index (χ1) is 17.6. The lowest BCUT2D eigenvalue weighted by atomic mass is 9.97. The molecule has 36 heavy (non-hydrogen) atoms. The fourth-order valence-electron chi connectivity index (χ4n) is 4.71. The van der Waals surface area contributed by atoms with E-state index in [0.29, 0.717) is 32.1 Å². The molecule has 0 radical (unpaired) electrons. The van der Waals surface area contributed by atoms with Crippen LogP contribution in [0.2, 0.25) is 0 Å². The molecule has 0 bridgehead atoms. The maximum absolute atomic E-state index is 13.1. The molecule has 2 amide bonds. The summed E-state index contributed by atoms with van der Waals surface area (Å²) in [5.41, 5.74) is 4.09. The van der Waals surface area contributed by atoms with Crippen LogP contribution in [0.15, 0.2) is 83.9 Å². The topological polar surface area (TPSA) is 74.2 Å². The largest absolute Gasteiger partial charge is 0.494 e. The SMILES string of the molecule is CN(C(=O)CCCCOc1ccc2c(c1)N=C1NC(=O)CN1C2)C(c1ccccc1)c1ccccc1. The molecule has 184 valence electrons. The summed E-state index contributed by atoms with van der Waals surface area (Å²) < 4.78 is 5.94.